The molecule has 10 heteroatoms. The van der Waals surface area contributed by atoms with E-state index in [0.717, 1.165) is 54.5 Å². The third-order valence-electron chi connectivity index (χ3n) is 7.56. The maximum absolute atomic E-state index is 13.3. The Balaban J connectivity index is 0.991. The number of carbonyl (C=O) groups excluding carboxylic acids is 3. The van der Waals surface area contributed by atoms with Gasteiger partial charge in [-0.25, -0.2) is 4.79 Å². The lowest BCUT2D eigenvalue weighted by Gasteiger charge is -2.26. The quantitative estimate of drug-likeness (QED) is 0.159. The maximum atomic E-state index is 13.3. The van der Waals surface area contributed by atoms with E-state index in [1.165, 1.54) is 0 Å². The van der Waals surface area contributed by atoms with Crippen LogP contribution in [0.1, 0.15) is 61.6 Å². The molecular formula is C36H45N3O7. The van der Waals surface area contributed by atoms with E-state index in [2.05, 4.69) is 34.6 Å². The molecule has 2 aromatic rings. The number of nitrogens with one attached hydrogen (secondary N) is 2. The number of rotatable bonds is 16. The molecule has 3 amide bonds. The van der Waals surface area contributed by atoms with Crippen molar-refractivity contribution in [3.05, 3.63) is 77.4 Å². The number of anilines is 1. The van der Waals surface area contributed by atoms with Crippen molar-refractivity contribution in [3.8, 4) is 11.8 Å². The van der Waals surface area contributed by atoms with E-state index in [1.54, 1.807) is 4.90 Å². The first-order chi connectivity index (χ1) is 22.6. The van der Waals surface area contributed by atoms with Crippen LogP contribution >= 0.6 is 0 Å². The number of para-hydroxylation sites is 1. The summed E-state index contributed by atoms with van der Waals surface area (Å²) in [6, 6.07) is 15.4. The Bertz CT molecular complexity index is 1370. The predicted molar refractivity (Wildman–Crippen MR) is 175 cm³/mol. The van der Waals surface area contributed by atoms with Crippen LogP contribution in [0.25, 0.3) is 0 Å². The van der Waals surface area contributed by atoms with Crippen molar-refractivity contribution in [2.24, 2.45) is 0 Å². The molecule has 0 bridgehead atoms. The molecule has 1 atom stereocenters. The second-order valence-electron chi connectivity index (χ2n) is 11.0. The zero-order valence-corrected chi connectivity index (χ0v) is 26.5. The highest BCUT2D eigenvalue weighted by Crippen LogP contribution is 2.26. The summed E-state index contributed by atoms with van der Waals surface area (Å²) in [5.41, 5.74) is 3.41. The van der Waals surface area contributed by atoms with Crippen LogP contribution in [0.3, 0.4) is 0 Å². The van der Waals surface area contributed by atoms with Crippen molar-refractivity contribution in [2.45, 2.75) is 57.6 Å². The molecule has 4 rings (SSSR count). The van der Waals surface area contributed by atoms with Gasteiger partial charge in [0, 0.05) is 37.1 Å². The molecule has 0 spiro atoms. The van der Waals surface area contributed by atoms with Gasteiger partial charge < -0.3 is 34.5 Å². The third-order valence-corrected chi connectivity index (χ3v) is 7.56. The van der Waals surface area contributed by atoms with Crippen molar-refractivity contribution in [1.82, 2.24) is 10.6 Å². The molecule has 0 fully saturated rings. The minimum absolute atomic E-state index is 0.0254. The fourth-order valence-corrected chi connectivity index (χ4v) is 5.12. The van der Waals surface area contributed by atoms with Crippen LogP contribution in [0.15, 0.2) is 60.7 Å². The lowest BCUT2D eigenvalue weighted by Crippen LogP contribution is -2.34. The lowest BCUT2D eigenvalue weighted by atomic mass is 10.0. The molecule has 0 saturated carbocycles. The lowest BCUT2D eigenvalue weighted by molar-refractivity contribution is -0.125. The smallest absolute Gasteiger partial charge is 0.407 e. The standard InChI is InChI=1S/C36H45N3O7/c40-34(18-19-35(41)39-28-31-12-7-6-10-29(31)16-17-30-11-8-9-15-33(30)39)37-20-22-43-24-26-45-27-25-44-23-21-38-36(42)46-32-13-4-2-1-3-5-14-32/h1-2,6-12,15,32H,3-5,13-14,18-28H2,(H,37,40)(H,38,42)/b2-1+/t32-/m1/s1. The van der Waals surface area contributed by atoms with Gasteiger partial charge in [0.2, 0.25) is 11.8 Å². The first kappa shape index (κ1) is 34.7. The van der Waals surface area contributed by atoms with E-state index in [0.29, 0.717) is 59.3 Å². The Morgan fingerprint density at radius 2 is 1.39 bits per heavy atom. The van der Waals surface area contributed by atoms with E-state index in [4.69, 9.17) is 18.9 Å². The molecule has 1 heterocycles. The first-order valence-corrected chi connectivity index (χ1v) is 16.2. The molecular weight excluding hydrogens is 586 g/mol. The summed E-state index contributed by atoms with van der Waals surface area (Å²) >= 11 is 0. The van der Waals surface area contributed by atoms with Gasteiger partial charge in [0.15, 0.2) is 0 Å². The Morgan fingerprint density at radius 1 is 0.739 bits per heavy atom. The summed E-state index contributed by atoms with van der Waals surface area (Å²) in [7, 11) is 0. The van der Waals surface area contributed by atoms with Gasteiger partial charge in [-0.1, -0.05) is 54.3 Å². The zero-order valence-electron chi connectivity index (χ0n) is 26.5. The SMILES string of the molecule is O=C(CCC(=O)N1Cc2ccccc2C#Cc2ccccc21)NCCOCCOCCOCCNC(=O)O[C@@H]1CC/C=C/CCC1. The number of allylic oxidation sites excluding steroid dienone is 2. The largest absolute Gasteiger partial charge is 0.446 e. The van der Waals surface area contributed by atoms with Crippen molar-refractivity contribution in [3.63, 3.8) is 0 Å². The highest BCUT2D eigenvalue weighted by atomic mass is 16.6. The maximum Gasteiger partial charge on any atom is 0.407 e. The van der Waals surface area contributed by atoms with E-state index >= 15 is 0 Å². The number of alkyl carbamates (subject to hydrolysis) is 1. The van der Waals surface area contributed by atoms with E-state index < -0.39 is 6.09 Å². The van der Waals surface area contributed by atoms with Crippen molar-refractivity contribution < 1.29 is 33.3 Å². The summed E-state index contributed by atoms with van der Waals surface area (Å²) in [5, 5.41) is 5.53. The van der Waals surface area contributed by atoms with Crippen molar-refractivity contribution >= 4 is 23.6 Å². The predicted octanol–water partition coefficient (Wildman–Crippen LogP) is 4.49. The van der Waals surface area contributed by atoms with Gasteiger partial charge in [0.1, 0.15) is 6.10 Å². The van der Waals surface area contributed by atoms with Crippen LogP contribution in [-0.2, 0) is 35.1 Å². The molecule has 246 valence electrons. The monoisotopic (exact) mass is 631 g/mol. The summed E-state index contributed by atoms with van der Waals surface area (Å²) in [5.74, 6) is 6.06. The Morgan fingerprint density at radius 3 is 2.20 bits per heavy atom. The topological polar surface area (TPSA) is 115 Å². The van der Waals surface area contributed by atoms with Gasteiger partial charge >= 0.3 is 6.09 Å². The number of nitrogens with zero attached hydrogens (tertiary/aromatic N) is 1. The van der Waals surface area contributed by atoms with Gasteiger partial charge in [0.05, 0.1) is 51.9 Å². The minimum Gasteiger partial charge on any atom is -0.446 e. The highest BCUT2D eigenvalue weighted by molar-refractivity contribution is 5.96. The number of amides is 3. The molecule has 2 N–H and O–H groups in total. The fourth-order valence-electron chi connectivity index (χ4n) is 5.12. The molecule has 1 aliphatic carbocycles. The third kappa shape index (κ3) is 12.3. The molecule has 2 aromatic carbocycles. The average molecular weight is 632 g/mol. The molecule has 46 heavy (non-hydrogen) atoms. The van der Waals surface area contributed by atoms with Crippen LogP contribution in [-0.4, -0.2) is 76.7 Å². The summed E-state index contributed by atoms with van der Waals surface area (Å²) < 4.78 is 22.0. The number of fused-ring (bicyclic) bond motifs is 2. The first-order valence-electron chi connectivity index (χ1n) is 16.2. The Kier molecular flexibility index (Phi) is 15.1. The molecule has 0 unspecified atom stereocenters. The van der Waals surface area contributed by atoms with Crippen LogP contribution in [0.5, 0.6) is 0 Å². The summed E-state index contributed by atoms with van der Waals surface area (Å²) in [6.45, 7) is 3.45. The van der Waals surface area contributed by atoms with Gasteiger partial charge in [-0.2, -0.15) is 0 Å². The number of hydrogen-bond donors (Lipinski definition) is 2. The molecule has 0 saturated heterocycles. The van der Waals surface area contributed by atoms with Crippen LogP contribution in [0.4, 0.5) is 10.5 Å². The molecule has 1 aliphatic heterocycles. The Hall–Kier alpha value is -4.17. The number of carbonyl (C=O) groups is 3. The second kappa shape index (κ2) is 20.1. The number of benzene rings is 2. The van der Waals surface area contributed by atoms with Crippen molar-refractivity contribution in [2.75, 3.05) is 57.6 Å². The zero-order chi connectivity index (χ0) is 32.2. The summed E-state index contributed by atoms with van der Waals surface area (Å²) in [4.78, 5) is 39.3. The average Bonchev–Trinajstić information content (AvgIpc) is 3.04. The van der Waals surface area contributed by atoms with E-state index in [9.17, 15) is 14.4 Å². The van der Waals surface area contributed by atoms with Crippen molar-refractivity contribution in [1.29, 1.82) is 0 Å². The minimum atomic E-state index is -0.396. The van der Waals surface area contributed by atoms with Crippen LogP contribution < -0.4 is 15.5 Å². The normalized spacial score (nSPS) is 16.2. The van der Waals surface area contributed by atoms with E-state index in [-0.39, 0.29) is 30.8 Å². The van der Waals surface area contributed by atoms with Gasteiger partial charge in [-0.3, -0.25) is 9.59 Å². The molecule has 0 radical (unpaired) electrons. The molecule has 2 aliphatic rings. The number of hydrogen-bond acceptors (Lipinski definition) is 7. The number of ether oxygens (including phenoxy) is 4. The van der Waals surface area contributed by atoms with Gasteiger partial charge in [0.25, 0.3) is 0 Å². The van der Waals surface area contributed by atoms with Gasteiger partial charge in [-0.15, -0.1) is 0 Å². The fraction of sp³-hybridized carbons (Fsp3) is 0.472. The van der Waals surface area contributed by atoms with E-state index in [1.807, 2.05) is 48.5 Å². The Labute approximate surface area is 271 Å². The molecule has 10 nitrogen and oxygen atoms in total. The highest BCUT2D eigenvalue weighted by Gasteiger charge is 2.21. The second-order valence-corrected chi connectivity index (χ2v) is 11.0. The summed E-state index contributed by atoms with van der Waals surface area (Å²) in [6.07, 6.45) is 8.86. The van der Waals surface area contributed by atoms with Crippen LogP contribution in [0, 0.1) is 11.8 Å². The van der Waals surface area contributed by atoms with Gasteiger partial charge in [-0.05, 0) is 55.9 Å². The van der Waals surface area contributed by atoms with Crippen LogP contribution in [0.2, 0.25) is 0 Å². The molecule has 0 aromatic heterocycles.